The molecule has 1 aromatic carbocycles. The van der Waals surface area contributed by atoms with Crippen molar-refractivity contribution in [3.63, 3.8) is 0 Å². The van der Waals surface area contributed by atoms with Crippen molar-refractivity contribution in [1.29, 1.82) is 0 Å². The van der Waals surface area contributed by atoms with E-state index in [0.29, 0.717) is 25.2 Å². The molecule has 150 valence electrons. The minimum Gasteiger partial charge on any atom is -0.337 e. The van der Waals surface area contributed by atoms with Crippen LogP contribution in [-0.4, -0.2) is 61.6 Å². The van der Waals surface area contributed by atoms with E-state index in [4.69, 9.17) is 0 Å². The van der Waals surface area contributed by atoms with Crippen LogP contribution >= 0.6 is 0 Å². The maximum atomic E-state index is 13.8. The quantitative estimate of drug-likeness (QED) is 0.848. The van der Waals surface area contributed by atoms with Crippen LogP contribution in [0.5, 0.6) is 0 Å². The number of piperidine rings is 1. The Morgan fingerprint density at radius 2 is 1.85 bits per heavy atom. The van der Waals surface area contributed by atoms with Gasteiger partial charge in [-0.3, -0.25) is 14.4 Å². The van der Waals surface area contributed by atoms with Crippen molar-refractivity contribution in [3.05, 3.63) is 29.6 Å². The number of carbonyl (C=O) groups is 1. The van der Waals surface area contributed by atoms with Crippen molar-refractivity contribution in [1.82, 2.24) is 9.80 Å². The number of anilines is 1. The number of carbonyl (C=O) groups excluding carboxylic acids is 1. The van der Waals surface area contributed by atoms with E-state index in [0.717, 1.165) is 44.1 Å². The molecule has 1 aromatic rings. The van der Waals surface area contributed by atoms with Gasteiger partial charge in [-0.25, -0.2) is 12.8 Å². The second-order valence-electron chi connectivity index (χ2n) is 7.83. The van der Waals surface area contributed by atoms with Crippen molar-refractivity contribution in [2.45, 2.75) is 57.7 Å². The van der Waals surface area contributed by atoms with Crippen molar-refractivity contribution < 1.29 is 17.6 Å². The number of likely N-dealkylation sites (tertiary alicyclic amines) is 2. The standard InChI is InChI=1S/C19H28FN3O3S/c1-13-6-7-14(2)23(13)16-5-4-10-22(12-16)19(24)17-11-15(20)8-9-18(17)21-27(3,25)26/h8-9,11,13-14,16,21H,4-7,10,12H2,1-3H3. The van der Waals surface area contributed by atoms with Gasteiger partial charge in [-0.1, -0.05) is 0 Å². The van der Waals surface area contributed by atoms with Gasteiger partial charge in [0.15, 0.2) is 0 Å². The minimum absolute atomic E-state index is 0.0589. The number of rotatable bonds is 4. The topological polar surface area (TPSA) is 69.7 Å². The molecule has 0 bridgehead atoms. The first-order valence-corrected chi connectivity index (χ1v) is 11.4. The van der Waals surface area contributed by atoms with Gasteiger partial charge < -0.3 is 4.90 Å². The molecule has 8 heteroatoms. The zero-order chi connectivity index (χ0) is 19.8. The SMILES string of the molecule is CC1CCC(C)N1C1CCCN(C(=O)c2cc(F)ccc2NS(C)(=O)=O)C1. The summed E-state index contributed by atoms with van der Waals surface area (Å²) in [7, 11) is -3.57. The van der Waals surface area contributed by atoms with E-state index in [-0.39, 0.29) is 23.2 Å². The molecule has 6 nitrogen and oxygen atoms in total. The van der Waals surface area contributed by atoms with Gasteiger partial charge in [0.25, 0.3) is 5.91 Å². The number of hydrogen-bond acceptors (Lipinski definition) is 4. The van der Waals surface area contributed by atoms with E-state index < -0.39 is 15.8 Å². The van der Waals surface area contributed by atoms with E-state index in [9.17, 15) is 17.6 Å². The van der Waals surface area contributed by atoms with Gasteiger partial charge >= 0.3 is 0 Å². The highest BCUT2D eigenvalue weighted by Gasteiger charge is 2.36. The highest BCUT2D eigenvalue weighted by Crippen LogP contribution is 2.30. The Kier molecular flexibility index (Phi) is 5.76. The number of benzene rings is 1. The monoisotopic (exact) mass is 397 g/mol. The second kappa shape index (κ2) is 7.75. The van der Waals surface area contributed by atoms with Crippen LogP contribution in [-0.2, 0) is 10.0 Å². The van der Waals surface area contributed by atoms with Crippen LogP contribution in [0.4, 0.5) is 10.1 Å². The van der Waals surface area contributed by atoms with Gasteiger partial charge in [0.1, 0.15) is 5.82 Å². The Labute approximate surface area is 160 Å². The average molecular weight is 398 g/mol. The van der Waals surface area contributed by atoms with Crippen molar-refractivity contribution in [2.75, 3.05) is 24.1 Å². The average Bonchev–Trinajstić information content (AvgIpc) is 2.93. The summed E-state index contributed by atoms with van der Waals surface area (Å²) in [6, 6.07) is 4.84. The first-order chi connectivity index (χ1) is 12.7. The van der Waals surface area contributed by atoms with E-state index >= 15 is 0 Å². The van der Waals surface area contributed by atoms with E-state index in [1.165, 1.54) is 6.07 Å². The molecule has 0 radical (unpaired) electrons. The van der Waals surface area contributed by atoms with Gasteiger partial charge in [0.2, 0.25) is 10.0 Å². The Morgan fingerprint density at radius 3 is 2.48 bits per heavy atom. The summed E-state index contributed by atoms with van der Waals surface area (Å²) < 4.78 is 39.3. The third kappa shape index (κ3) is 4.60. The normalized spacial score (nSPS) is 27.0. The van der Waals surface area contributed by atoms with Gasteiger partial charge in [-0.15, -0.1) is 0 Å². The summed E-state index contributed by atoms with van der Waals surface area (Å²) >= 11 is 0. The number of sulfonamides is 1. The van der Waals surface area contributed by atoms with Crippen LogP contribution in [0.3, 0.4) is 0 Å². The van der Waals surface area contributed by atoms with Gasteiger partial charge in [-0.05, 0) is 57.7 Å². The molecule has 1 amide bonds. The number of halogens is 1. The zero-order valence-electron chi connectivity index (χ0n) is 16.1. The second-order valence-corrected chi connectivity index (χ2v) is 9.58. The summed E-state index contributed by atoms with van der Waals surface area (Å²) in [6.07, 6.45) is 5.26. The minimum atomic E-state index is -3.57. The number of nitrogens with zero attached hydrogens (tertiary/aromatic N) is 2. The Bertz CT molecular complexity index is 804. The predicted octanol–water partition coefficient (Wildman–Crippen LogP) is 2.67. The fraction of sp³-hybridized carbons (Fsp3) is 0.632. The van der Waals surface area contributed by atoms with Crippen molar-refractivity contribution in [2.24, 2.45) is 0 Å². The first kappa shape index (κ1) is 20.1. The predicted molar refractivity (Wildman–Crippen MR) is 104 cm³/mol. The lowest BCUT2D eigenvalue weighted by atomic mass is 10.0. The third-order valence-electron chi connectivity index (χ3n) is 5.63. The molecule has 0 aliphatic carbocycles. The fourth-order valence-electron chi connectivity index (χ4n) is 4.47. The van der Waals surface area contributed by atoms with Crippen molar-refractivity contribution >= 4 is 21.6 Å². The molecule has 2 aliphatic rings. The van der Waals surface area contributed by atoms with Gasteiger partial charge in [0, 0.05) is 31.2 Å². The molecule has 27 heavy (non-hydrogen) atoms. The lowest BCUT2D eigenvalue weighted by Gasteiger charge is -2.41. The Hall–Kier alpha value is -1.67. The van der Waals surface area contributed by atoms with Crippen LogP contribution in [0, 0.1) is 5.82 Å². The Morgan fingerprint density at radius 1 is 1.19 bits per heavy atom. The maximum absolute atomic E-state index is 13.8. The highest BCUT2D eigenvalue weighted by molar-refractivity contribution is 7.92. The maximum Gasteiger partial charge on any atom is 0.256 e. The van der Waals surface area contributed by atoms with E-state index in [2.05, 4.69) is 23.5 Å². The zero-order valence-corrected chi connectivity index (χ0v) is 16.9. The molecule has 2 saturated heterocycles. The third-order valence-corrected chi connectivity index (χ3v) is 6.22. The molecule has 3 unspecified atom stereocenters. The van der Waals surface area contributed by atoms with Crippen LogP contribution < -0.4 is 4.72 Å². The summed E-state index contributed by atoms with van der Waals surface area (Å²) in [4.78, 5) is 17.3. The molecular weight excluding hydrogens is 369 g/mol. The van der Waals surface area contributed by atoms with Crippen LogP contribution in [0.15, 0.2) is 18.2 Å². The first-order valence-electron chi connectivity index (χ1n) is 9.50. The number of nitrogens with one attached hydrogen (secondary N) is 1. The Balaban J connectivity index is 1.82. The summed E-state index contributed by atoms with van der Waals surface area (Å²) in [5, 5.41) is 0. The molecule has 3 atom stereocenters. The molecule has 0 saturated carbocycles. The summed E-state index contributed by atoms with van der Waals surface area (Å²) in [6.45, 7) is 5.64. The largest absolute Gasteiger partial charge is 0.337 e. The molecule has 3 rings (SSSR count). The lowest BCUT2D eigenvalue weighted by Crippen LogP contribution is -2.52. The molecular formula is C19H28FN3O3S. The smallest absolute Gasteiger partial charge is 0.256 e. The van der Waals surface area contributed by atoms with E-state index in [1.54, 1.807) is 4.90 Å². The fourth-order valence-corrected chi connectivity index (χ4v) is 5.05. The molecule has 2 heterocycles. The molecule has 0 aromatic heterocycles. The number of hydrogen-bond donors (Lipinski definition) is 1. The lowest BCUT2D eigenvalue weighted by molar-refractivity contribution is 0.0487. The summed E-state index contributed by atoms with van der Waals surface area (Å²) in [5.74, 6) is -0.891. The number of amides is 1. The molecule has 1 N–H and O–H groups in total. The highest BCUT2D eigenvalue weighted by atomic mass is 32.2. The summed E-state index contributed by atoms with van der Waals surface area (Å²) in [5.41, 5.74) is 0.178. The van der Waals surface area contributed by atoms with Crippen molar-refractivity contribution in [3.8, 4) is 0 Å². The molecule has 2 fully saturated rings. The molecule has 0 spiro atoms. The van der Waals surface area contributed by atoms with Crippen LogP contribution in [0.1, 0.15) is 49.9 Å². The molecule has 2 aliphatic heterocycles. The van der Waals surface area contributed by atoms with Crippen LogP contribution in [0.25, 0.3) is 0 Å². The van der Waals surface area contributed by atoms with Gasteiger partial charge in [0.05, 0.1) is 17.5 Å². The van der Waals surface area contributed by atoms with Crippen LogP contribution in [0.2, 0.25) is 0 Å². The van der Waals surface area contributed by atoms with E-state index in [1.807, 2.05) is 0 Å². The van der Waals surface area contributed by atoms with Gasteiger partial charge in [-0.2, -0.15) is 0 Å².